The van der Waals surface area contributed by atoms with E-state index < -0.39 is 0 Å². The molecule has 0 aliphatic rings. The first-order valence-corrected chi connectivity index (χ1v) is 6.81. The highest BCUT2D eigenvalue weighted by atomic mass is 16.5. The first-order chi connectivity index (χ1) is 9.67. The molecule has 20 heavy (non-hydrogen) atoms. The Morgan fingerprint density at radius 1 is 1.20 bits per heavy atom. The molecule has 1 rings (SSSR count). The Hall–Kier alpha value is -2.10. The van der Waals surface area contributed by atoms with Crippen molar-refractivity contribution in [1.82, 2.24) is 5.32 Å². The molecule has 0 heterocycles. The van der Waals surface area contributed by atoms with Crippen molar-refractivity contribution in [1.29, 1.82) is 0 Å². The number of rotatable bonds is 7. The quantitative estimate of drug-likeness (QED) is 0.473. The van der Waals surface area contributed by atoms with Crippen molar-refractivity contribution >= 4 is 18.0 Å². The van der Waals surface area contributed by atoms with Crippen LogP contribution in [0.1, 0.15) is 42.1 Å². The van der Waals surface area contributed by atoms with Gasteiger partial charge in [-0.05, 0) is 30.2 Å². The van der Waals surface area contributed by atoms with Crippen LogP contribution in [0, 0.1) is 0 Å². The lowest BCUT2D eigenvalue weighted by molar-refractivity contribution is -0.116. The Morgan fingerprint density at radius 3 is 2.50 bits per heavy atom. The summed E-state index contributed by atoms with van der Waals surface area (Å²) < 4.78 is 4.62. The molecule has 4 heteroatoms. The zero-order valence-electron chi connectivity index (χ0n) is 12.0. The van der Waals surface area contributed by atoms with Crippen LogP contribution < -0.4 is 5.32 Å². The number of nitrogens with one attached hydrogen (secondary N) is 1. The van der Waals surface area contributed by atoms with E-state index in [0.717, 1.165) is 24.8 Å². The third-order valence-electron chi connectivity index (χ3n) is 2.84. The molecule has 0 saturated carbocycles. The normalized spacial score (nSPS) is 10.5. The summed E-state index contributed by atoms with van der Waals surface area (Å²) in [5.74, 6) is -0.465. The maximum atomic E-state index is 11.5. The standard InChI is InChI=1S/C16H21NO3/c1-3-4-5-12-17-15(18)11-8-13-6-9-14(10-7-13)16(19)20-2/h6-11H,3-5,12H2,1-2H3,(H,17,18)/b11-8+. The number of benzene rings is 1. The van der Waals surface area contributed by atoms with Crippen LogP contribution in [0.4, 0.5) is 0 Å². The van der Waals surface area contributed by atoms with E-state index in [1.54, 1.807) is 30.3 Å². The monoisotopic (exact) mass is 275 g/mol. The van der Waals surface area contributed by atoms with Crippen LogP contribution >= 0.6 is 0 Å². The van der Waals surface area contributed by atoms with Crippen molar-refractivity contribution in [2.24, 2.45) is 0 Å². The molecule has 0 aromatic heterocycles. The zero-order valence-corrected chi connectivity index (χ0v) is 12.0. The van der Waals surface area contributed by atoms with Gasteiger partial charge in [0.25, 0.3) is 0 Å². The predicted molar refractivity (Wildman–Crippen MR) is 79.4 cm³/mol. The minimum Gasteiger partial charge on any atom is -0.465 e. The average molecular weight is 275 g/mol. The number of ether oxygens (including phenoxy) is 1. The summed E-state index contributed by atoms with van der Waals surface area (Å²) in [4.78, 5) is 22.8. The molecule has 0 saturated heterocycles. The molecule has 0 fully saturated rings. The minimum absolute atomic E-state index is 0.0989. The van der Waals surface area contributed by atoms with Gasteiger partial charge < -0.3 is 10.1 Å². The van der Waals surface area contributed by atoms with Gasteiger partial charge in [0, 0.05) is 12.6 Å². The fourth-order valence-corrected chi connectivity index (χ4v) is 1.67. The zero-order chi connectivity index (χ0) is 14.8. The average Bonchev–Trinajstić information content (AvgIpc) is 2.49. The Morgan fingerprint density at radius 2 is 1.90 bits per heavy atom. The lowest BCUT2D eigenvalue weighted by Crippen LogP contribution is -2.21. The van der Waals surface area contributed by atoms with E-state index in [4.69, 9.17) is 0 Å². The van der Waals surface area contributed by atoms with Crippen LogP contribution in [0.5, 0.6) is 0 Å². The molecule has 1 aromatic carbocycles. The van der Waals surface area contributed by atoms with E-state index >= 15 is 0 Å². The molecule has 0 bridgehead atoms. The summed E-state index contributed by atoms with van der Waals surface area (Å²) in [6.07, 6.45) is 6.48. The molecular weight excluding hydrogens is 254 g/mol. The smallest absolute Gasteiger partial charge is 0.337 e. The molecule has 0 atom stereocenters. The molecule has 1 aromatic rings. The number of carbonyl (C=O) groups is 2. The van der Waals surface area contributed by atoms with Crippen LogP contribution in [0.3, 0.4) is 0 Å². The first kappa shape index (κ1) is 16.0. The number of methoxy groups -OCH3 is 1. The van der Waals surface area contributed by atoms with Crippen molar-refractivity contribution < 1.29 is 14.3 Å². The maximum Gasteiger partial charge on any atom is 0.337 e. The van der Waals surface area contributed by atoms with Gasteiger partial charge in [0.15, 0.2) is 0 Å². The largest absolute Gasteiger partial charge is 0.465 e. The highest BCUT2D eigenvalue weighted by Gasteiger charge is 2.03. The topological polar surface area (TPSA) is 55.4 Å². The number of hydrogen-bond acceptors (Lipinski definition) is 3. The van der Waals surface area contributed by atoms with Gasteiger partial charge in [0.05, 0.1) is 12.7 Å². The number of amides is 1. The van der Waals surface area contributed by atoms with Gasteiger partial charge in [0.1, 0.15) is 0 Å². The fourth-order valence-electron chi connectivity index (χ4n) is 1.67. The maximum absolute atomic E-state index is 11.5. The molecule has 4 nitrogen and oxygen atoms in total. The lowest BCUT2D eigenvalue weighted by Gasteiger charge is -2.01. The summed E-state index contributed by atoms with van der Waals surface area (Å²) >= 11 is 0. The second kappa shape index (κ2) is 8.91. The van der Waals surface area contributed by atoms with E-state index in [1.165, 1.54) is 13.2 Å². The molecule has 1 N–H and O–H groups in total. The second-order valence-electron chi connectivity index (χ2n) is 4.45. The molecule has 0 unspecified atom stereocenters. The molecule has 0 aliphatic heterocycles. The van der Waals surface area contributed by atoms with Crippen LogP contribution in [0.25, 0.3) is 6.08 Å². The predicted octanol–water partition coefficient (Wildman–Crippen LogP) is 2.79. The molecule has 0 spiro atoms. The number of carbonyl (C=O) groups excluding carboxylic acids is 2. The van der Waals surface area contributed by atoms with E-state index in [0.29, 0.717) is 12.1 Å². The van der Waals surface area contributed by atoms with Crippen molar-refractivity contribution in [2.75, 3.05) is 13.7 Å². The van der Waals surface area contributed by atoms with E-state index in [9.17, 15) is 9.59 Å². The van der Waals surface area contributed by atoms with Crippen LogP contribution in [0.15, 0.2) is 30.3 Å². The summed E-state index contributed by atoms with van der Waals surface area (Å²) in [5, 5.41) is 2.83. The van der Waals surface area contributed by atoms with Crippen LogP contribution in [-0.4, -0.2) is 25.5 Å². The van der Waals surface area contributed by atoms with Gasteiger partial charge in [-0.1, -0.05) is 31.9 Å². The van der Waals surface area contributed by atoms with Gasteiger partial charge in [-0.25, -0.2) is 4.79 Å². The molecule has 1 amide bonds. The van der Waals surface area contributed by atoms with Crippen molar-refractivity contribution in [3.05, 3.63) is 41.5 Å². The SMILES string of the molecule is CCCCCNC(=O)/C=C/c1ccc(C(=O)OC)cc1. The summed E-state index contributed by atoms with van der Waals surface area (Å²) in [5.41, 5.74) is 1.36. The Labute approximate surface area is 119 Å². The van der Waals surface area contributed by atoms with Gasteiger partial charge in [0.2, 0.25) is 5.91 Å². The molecule has 0 radical (unpaired) electrons. The van der Waals surface area contributed by atoms with E-state index in [2.05, 4.69) is 17.0 Å². The summed E-state index contributed by atoms with van der Waals surface area (Å²) in [6, 6.07) is 6.88. The molecule has 0 aliphatic carbocycles. The van der Waals surface area contributed by atoms with Gasteiger partial charge in [-0.2, -0.15) is 0 Å². The Kier molecular flexibility index (Phi) is 7.11. The Bertz CT molecular complexity index is 463. The van der Waals surface area contributed by atoms with Gasteiger partial charge in [-0.3, -0.25) is 4.79 Å². The van der Waals surface area contributed by atoms with Gasteiger partial charge >= 0.3 is 5.97 Å². The Balaban J connectivity index is 2.45. The van der Waals surface area contributed by atoms with Crippen molar-refractivity contribution in [3.8, 4) is 0 Å². The number of esters is 1. The molecule has 108 valence electrons. The van der Waals surface area contributed by atoms with Gasteiger partial charge in [-0.15, -0.1) is 0 Å². The van der Waals surface area contributed by atoms with E-state index in [1.807, 2.05) is 0 Å². The second-order valence-corrected chi connectivity index (χ2v) is 4.45. The first-order valence-electron chi connectivity index (χ1n) is 6.81. The van der Waals surface area contributed by atoms with Crippen molar-refractivity contribution in [2.45, 2.75) is 26.2 Å². The van der Waals surface area contributed by atoms with Crippen LogP contribution in [0.2, 0.25) is 0 Å². The third-order valence-corrected chi connectivity index (χ3v) is 2.84. The lowest BCUT2D eigenvalue weighted by atomic mass is 10.1. The highest BCUT2D eigenvalue weighted by Crippen LogP contribution is 2.07. The molecular formula is C16H21NO3. The number of hydrogen-bond donors (Lipinski definition) is 1. The summed E-state index contributed by atoms with van der Waals surface area (Å²) in [7, 11) is 1.35. The third kappa shape index (κ3) is 5.69. The fraction of sp³-hybridized carbons (Fsp3) is 0.375. The van der Waals surface area contributed by atoms with Crippen LogP contribution in [-0.2, 0) is 9.53 Å². The summed E-state index contributed by atoms with van der Waals surface area (Å²) in [6.45, 7) is 2.83. The number of unbranched alkanes of at least 4 members (excludes halogenated alkanes) is 2. The van der Waals surface area contributed by atoms with Crippen molar-refractivity contribution in [3.63, 3.8) is 0 Å². The van der Waals surface area contributed by atoms with E-state index in [-0.39, 0.29) is 11.9 Å². The highest BCUT2D eigenvalue weighted by molar-refractivity contribution is 5.92. The minimum atomic E-state index is -0.366.